The van der Waals surface area contributed by atoms with Gasteiger partial charge in [-0.25, -0.2) is 22.2 Å². The summed E-state index contributed by atoms with van der Waals surface area (Å²) in [5.74, 6) is -1.08. The average molecular weight is 323 g/mol. The minimum absolute atomic E-state index is 0.131. The van der Waals surface area contributed by atoms with Crippen molar-refractivity contribution < 1.29 is 17.6 Å². The molecule has 3 rings (SSSR count). The first kappa shape index (κ1) is 14.7. The summed E-state index contributed by atoms with van der Waals surface area (Å²) in [5.41, 5.74) is 0.131. The maximum Gasteiger partial charge on any atom is 0.267 e. The molecule has 6 nitrogen and oxygen atoms in total. The molecular formula is C14H14FN3O3S. The highest BCUT2D eigenvalue weighted by Crippen LogP contribution is 2.37. The minimum atomic E-state index is -3.99. The zero-order valence-electron chi connectivity index (χ0n) is 11.7. The molecule has 22 heavy (non-hydrogen) atoms. The zero-order valence-corrected chi connectivity index (χ0v) is 12.5. The summed E-state index contributed by atoms with van der Waals surface area (Å²) >= 11 is 0. The summed E-state index contributed by atoms with van der Waals surface area (Å²) < 4.78 is 41.1. The fraction of sp³-hybridized carbons (Fsp3) is 0.286. The maximum atomic E-state index is 13.7. The van der Waals surface area contributed by atoms with Gasteiger partial charge >= 0.3 is 0 Å². The smallest absolute Gasteiger partial charge is 0.267 e. The molecule has 1 aliphatic rings. The fourth-order valence-electron chi connectivity index (χ4n) is 2.17. The molecule has 116 valence electrons. The molecule has 1 fully saturated rings. The lowest BCUT2D eigenvalue weighted by Gasteiger charge is -2.04. The van der Waals surface area contributed by atoms with E-state index < -0.39 is 21.7 Å². The van der Waals surface area contributed by atoms with E-state index >= 15 is 0 Å². The summed E-state index contributed by atoms with van der Waals surface area (Å²) in [6.07, 6.45) is 2.94. The van der Waals surface area contributed by atoms with Crippen molar-refractivity contribution >= 4 is 15.9 Å². The first-order chi connectivity index (χ1) is 10.4. The van der Waals surface area contributed by atoms with Gasteiger partial charge in [0.2, 0.25) is 5.91 Å². The third kappa shape index (κ3) is 2.74. The van der Waals surface area contributed by atoms with Crippen LogP contribution < -0.4 is 4.72 Å². The van der Waals surface area contributed by atoms with E-state index in [4.69, 9.17) is 0 Å². The molecule has 0 aliphatic heterocycles. The Bertz CT molecular complexity index is 831. The summed E-state index contributed by atoms with van der Waals surface area (Å²) in [5, 5.41) is 3.84. The van der Waals surface area contributed by atoms with Crippen LogP contribution in [0.1, 0.15) is 13.3 Å². The Morgan fingerprint density at radius 2 is 2.09 bits per heavy atom. The zero-order chi connectivity index (χ0) is 15.9. The first-order valence-electron chi connectivity index (χ1n) is 6.75. The molecule has 0 unspecified atom stereocenters. The molecule has 0 saturated heterocycles. The third-order valence-corrected chi connectivity index (χ3v) is 4.95. The lowest BCUT2D eigenvalue weighted by atomic mass is 10.3. The van der Waals surface area contributed by atoms with E-state index in [9.17, 15) is 17.6 Å². The molecule has 1 aliphatic carbocycles. The van der Waals surface area contributed by atoms with Crippen LogP contribution in [0.25, 0.3) is 5.69 Å². The number of benzene rings is 1. The highest BCUT2D eigenvalue weighted by atomic mass is 32.2. The van der Waals surface area contributed by atoms with E-state index in [0.717, 1.165) is 10.9 Å². The Morgan fingerprint density at radius 3 is 2.73 bits per heavy atom. The molecule has 2 atom stereocenters. The van der Waals surface area contributed by atoms with Gasteiger partial charge in [0.25, 0.3) is 10.0 Å². The predicted octanol–water partition coefficient (Wildman–Crippen LogP) is 1.47. The number of para-hydroxylation sites is 1. The maximum absolute atomic E-state index is 13.7. The van der Waals surface area contributed by atoms with Gasteiger partial charge in [-0.1, -0.05) is 19.1 Å². The number of amides is 1. The second-order valence-corrected chi connectivity index (χ2v) is 7.04. The molecule has 1 heterocycles. The van der Waals surface area contributed by atoms with Crippen LogP contribution in [-0.2, 0) is 14.8 Å². The number of halogens is 1. The molecule has 1 amide bonds. The summed E-state index contributed by atoms with van der Waals surface area (Å²) in [6, 6.07) is 5.87. The SMILES string of the molecule is C[C@H]1C[C@H]1C(=O)NS(=O)(=O)c1cnn(-c2ccccc2F)c1. The van der Waals surface area contributed by atoms with E-state index in [1.807, 2.05) is 11.6 Å². The van der Waals surface area contributed by atoms with Gasteiger partial charge in [0.1, 0.15) is 16.4 Å². The number of carbonyl (C=O) groups is 1. The number of hydrogen-bond donors (Lipinski definition) is 1. The standard InChI is InChI=1S/C14H14FN3O3S/c1-9-6-11(9)14(19)17-22(20,21)10-7-16-18(8-10)13-5-3-2-4-12(13)15/h2-5,7-9,11H,6H2,1H3,(H,17,19)/t9-,11+/m0/s1. The Balaban J connectivity index is 1.84. The van der Waals surface area contributed by atoms with Crippen molar-refractivity contribution in [1.82, 2.24) is 14.5 Å². The van der Waals surface area contributed by atoms with Gasteiger partial charge in [0.05, 0.1) is 12.4 Å². The second kappa shape index (κ2) is 5.20. The third-order valence-electron chi connectivity index (χ3n) is 3.65. The van der Waals surface area contributed by atoms with Gasteiger partial charge in [-0.2, -0.15) is 5.10 Å². The number of sulfonamides is 1. The second-order valence-electron chi connectivity index (χ2n) is 5.36. The topological polar surface area (TPSA) is 81.1 Å². The predicted molar refractivity (Wildman–Crippen MR) is 76.1 cm³/mol. The number of hydrogen-bond acceptors (Lipinski definition) is 4. The number of nitrogens with zero attached hydrogens (tertiary/aromatic N) is 2. The van der Waals surface area contributed by atoms with Crippen molar-refractivity contribution in [2.75, 3.05) is 0 Å². The highest BCUT2D eigenvalue weighted by molar-refractivity contribution is 7.90. The van der Waals surface area contributed by atoms with E-state index in [2.05, 4.69) is 5.10 Å². The lowest BCUT2D eigenvalue weighted by molar-refractivity contribution is -0.120. The Morgan fingerprint density at radius 1 is 1.41 bits per heavy atom. The van der Waals surface area contributed by atoms with Gasteiger partial charge in [-0.15, -0.1) is 0 Å². The molecule has 1 aromatic heterocycles. The average Bonchev–Trinajstić information content (AvgIpc) is 3.00. The minimum Gasteiger partial charge on any atom is -0.274 e. The van der Waals surface area contributed by atoms with Gasteiger partial charge in [-0.3, -0.25) is 4.79 Å². The van der Waals surface area contributed by atoms with Gasteiger partial charge < -0.3 is 0 Å². The van der Waals surface area contributed by atoms with Crippen molar-refractivity contribution in [3.05, 3.63) is 42.5 Å². The molecule has 0 spiro atoms. The van der Waals surface area contributed by atoms with Crippen LogP contribution >= 0.6 is 0 Å². The highest BCUT2D eigenvalue weighted by Gasteiger charge is 2.40. The lowest BCUT2D eigenvalue weighted by Crippen LogP contribution is -2.31. The summed E-state index contributed by atoms with van der Waals surface area (Å²) in [6.45, 7) is 1.88. The van der Waals surface area contributed by atoms with Crippen LogP contribution in [0.5, 0.6) is 0 Å². The quantitative estimate of drug-likeness (QED) is 0.924. The normalized spacial score (nSPS) is 20.6. The van der Waals surface area contributed by atoms with E-state index in [0.29, 0.717) is 6.42 Å². The number of aromatic nitrogens is 2. The molecule has 8 heteroatoms. The van der Waals surface area contributed by atoms with Crippen LogP contribution in [0.3, 0.4) is 0 Å². The molecule has 1 N–H and O–H groups in total. The summed E-state index contributed by atoms with van der Waals surface area (Å²) in [7, 11) is -3.99. The Hall–Kier alpha value is -2.22. The molecule has 1 aromatic carbocycles. The van der Waals surface area contributed by atoms with Crippen molar-refractivity contribution in [2.24, 2.45) is 11.8 Å². The van der Waals surface area contributed by atoms with Gasteiger partial charge in [0, 0.05) is 5.92 Å². The Labute approximate surface area is 127 Å². The van der Waals surface area contributed by atoms with E-state index in [-0.39, 0.29) is 22.4 Å². The molecular weight excluding hydrogens is 309 g/mol. The molecule has 2 aromatic rings. The van der Waals surface area contributed by atoms with E-state index in [1.54, 1.807) is 6.07 Å². The van der Waals surface area contributed by atoms with Crippen molar-refractivity contribution in [3.63, 3.8) is 0 Å². The number of carbonyl (C=O) groups excluding carboxylic acids is 1. The first-order valence-corrected chi connectivity index (χ1v) is 8.23. The van der Waals surface area contributed by atoms with Crippen molar-refractivity contribution in [3.8, 4) is 5.69 Å². The van der Waals surface area contributed by atoms with Crippen LogP contribution in [0, 0.1) is 17.7 Å². The van der Waals surface area contributed by atoms with Crippen LogP contribution in [0.15, 0.2) is 41.6 Å². The number of nitrogens with one attached hydrogen (secondary N) is 1. The van der Waals surface area contributed by atoms with Crippen molar-refractivity contribution in [1.29, 1.82) is 0 Å². The van der Waals surface area contributed by atoms with Gasteiger partial charge in [0.15, 0.2) is 0 Å². The molecule has 0 bridgehead atoms. The van der Waals surface area contributed by atoms with Crippen molar-refractivity contribution in [2.45, 2.75) is 18.2 Å². The van der Waals surface area contributed by atoms with Crippen LogP contribution in [0.2, 0.25) is 0 Å². The van der Waals surface area contributed by atoms with Crippen LogP contribution in [0.4, 0.5) is 4.39 Å². The van der Waals surface area contributed by atoms with Gasteiger partial charge in [-0.05, 0) is 24.5 Å². The molecule has 0 radical (unpaired) electrons. The monoisotopic (exact) mass is 323 g/mol. The molecule has 1 saturated carbocycles. The largest absolute Gasteiger partial charge is 0.274 e. The Kier molecular flexibility index (Phi) is 3.48. The number of rotatable bonds is 4. The summed E-state index contributed by atoms with van der Waals surface area (Å²) in [4.78, 5) is 11.6. The fourth-order valence-corrected chi connectivity index (χ4v) is 3.13. The van der Waals surface area contributed by atoms with E-state index in [1.165, 1.54) is 24.4 Å². The van der Waals surface area contributed by atoms with Crippen LogP contribution in [-0.4, -0.2) is 24.1 Å².